The van der Waals surface area contributed by atoms with E-state index in [9.17, 15) is 0 Å². The molecule has 0 saturated heterocycles. The van der Waals surface area contributed by atoms with Crippen LogP contribution in [0.2, 0.25) is 0 Å². The Morgan fingerprint density at radius 3 is 2.24 bits per heavy atom. The summed E-state index contributed by atoms with van der Waals surface area (Å²) < 4.78 is 11.6. The van der Waals surface area contributed by atoms with Crippen LogP contribution in [0.4, 0.5) is 0 Å². The molecule has 0 spiro atoms. The van der Waals surface area contributed by atoms with Gasteiger partial charge in [0.05, 0.1) is 18.7 Å². The minimum absolute atomic E-state index is 0.454. The third-order valence-electron chi connectivity index (χ3n) is 2.95. The SMILES string of the molecule is COc1cc(C[C@H](C)N(C)C)c(OC)cc1Br. The summed E-state index contributed by atoms with van der Waals surface area (Å²) in [6, 6.07) is 4.44. The topological polar surface area (TPSA) is 21.7 Å². The second-order valence-electron chi connectivity index (χ2n) is 4.32. The zero-order valence-corrected chi connectivity index (χ0v) is 12.7. The molecule has 1 aromatic rings. The molecule has 0 N–H and O–H groups in total. The number of hydrogen-bond donors (Lipinski definition) is 0. The molecular weight excluding hydrogens is 282 g/mol. The number of benzene rings is 1. The molecule has 0 heterocycles. The summed E-state index contributed by atoms with van der Waals surface area (Å²) in [6.07, 6.45) is 0.930. The number of rotatable bonds is 5. The third kappa shape index (κ3) is 3.61. The van der Waals surface area contributed by atoms with Crippen molar-refractivity contribution in [3.8, 4) is 11.5 Å². The fourth-order valence-electron chi connectivity index (χ4n) is 1.58. The molecule has 0 amide bonds. The summed E-state index contributed by atoms with van der Waals surface area (Å²) in [5, 5.41) is 0. The van der Waals surface area contributed by atoms with Gasteiger partial charge in [0, 0.05) is 6.04 Å². The molecule has 4 heteroatoms. The normalized spacial score (nSPS) is 12.6. The molecule has 0 radical (unpaired) electrons. The smallest absolute Gasteiger partial charge is 0.133 e. The average Bonchev–Trinajstić information content (AvgIpc) is 2.30. The summed E-state index contributed by atoms with van der Waals surface area (Å²) in [5.41, 5.74) is 1.16. The summed E-state index contributed by atoms with van der Waals surface area (Å²) in [6.45, 7) is 2.19. The van der Waals surface area contributed by atoms with Gasteiger partial charge in [-0.05, 0) is 61.1 Å². The van der Waals surface area contributed by atoms with Crippen molar-refractivity contribution >= 4 is 15.9 Å². The van der Waals surface area contributed by atoms with Crippen LogP contribution in [0.5, 0.6) is 11.5 Å². The predicted molar refractivity (Wildman–Crippen MR) is 74.1 cm³/mol. The van der Waals surface area contributed by atoms with Gasteiger partial charge in [0.25, 0.3) is 0 Å². The minimum Gasteiger partial charge on any atom is -0.496 e. The van der Waals surface area contributed by atoms with Gasteiger partial charge < -0.3 is 14.4 Å². The van der Waals surface area contributed by atoms with Crippen LogP contribution < -0.4 is 9.47 Å². The summed E-state index contributed by atoms with van der Waals surface area (Å²) in [7, 11) is 7.52. The fourth-order valence-corrected chi connectivity index (χ4v) is 2.07. The quantitative estimate of drug-likeness (QED) is 0.834. The monoisotopic (exact) mass is 301 g/mol. The molecule has 1 rings (SSSR count). The van der Waals surface area contributed by atoms with Crippen LogP contribution >= 0.6 is 15.9 Å². The molecule has 96 valence electrons. The lowest BCUT2D eigenvalue weighted by atomic mass is 10.0. The van der Waals surface area contributed by atoms with Gasteiger partial charge in [-0.25, -0.2) is 0 Å². The van der Waals surface area contributed by atoms with Gasteiger partial charge in [-0.1, -0.05) is 0 Å². The molecule has 0 fully saturated rings. The maximum Gasteiger partial charge on any atom is 0.133 e. The van der Waals surface area contributed by atoms with Crippen molar-refractivity contribution in [3.05, 3.63) is 22.2 Å². The van der Waals surface area contributed by atoms with E-state index in [1.165, 1.54) is 0 Å². The standard InChI is InChI=1S/C13H20BrNO2/c1-9(15(2)3)6-10-7-13(17-5)11(14)8-12(10)16-4/h7-9H,6H2,1-5H3/t9-/m0/s1. The number of methoxy groups -OCH3 is 2. The fraction of sp³-hybridized carbons (Fsp3) is 0.538. The van der Waals surface area contributed by atoms with Gasteiger partial charge in [-0.2, -0.15) is 0 Å². The Morgan fingerprint density at radius 2 is 1.76 bits per heavy atom. The van der Waals surface area contributed by atoms with Gasteiger partial charge in [0.15, 0.2) is 0 Å². The molecule has 0 aliphatic heterocycles. The Morgan fingerprint density at radius 1 is 1.18 bits per heavy atom. The Kier molecular flexibility index (Phi) is 5.28. The van der Waals surface area contributed by atoms with E-state index in [0.717, 1.165) is 28.0 Å². The van der Waals surface area contributed by atoms with Gasteiger partial charge in [0.1, 0.15) is 11.5 Å². The van der Waals surface area contributed by atoms with E-state index >= 15 is 0 Å². The van der Waals surface area contributed by atoms with Gasteiger partial charge in [-0.15, -0.1) is 0 Å². The number of likely N-dealkylation sites (N-methyl/N-ethyl adjacent to an activating group) is 1. The first kappa shape index (κ1) is 14.3. The molecule has 17 heavy (non-hydrogen) atoms. The van der Waals surface area contributed by atoms with E-state index in [2.05, 4.69) is 41.8 Å². The number of ether oxygens (including phenoxy) is 2. The van der Waals surface area contributed by atoms with E-state index in [1.54, 1.807) is 14.2 Å². The largest absolute Gasteiger partial charge is 0.496 e. The van der Waals surface area contributed by atoms with E-state index < -0.39 is 0 Å². The van der Waals surface area contributed by atoms with E-state index in [1.807, 2.05) is 12.1 Å². The van der Waals surface area contributed by atoms with Gasteiger partial charge in [-0.3, -0.25) is 0 Å². The van der Waals surface area contributed by atoms with Crippen LogP contribution in [0.3, 0.4) is 0 Å². The van der Waals surface area contributed by atoms with Crippen molar-refractivity contribution in [1.29, 1.82) is 0 Å². The van der Waals surface area contributed by atoms with Crippen LogP contribution in [-0.4, -0.2) is 39.3 Å². The van der Waals surface area contributed by atoms with Crippen molar-refractivity contribution < 1.29 is 9.47 Å². The second-order valence-corrected chi connectivity index (χ2v) is 5.17. The van der Waals surface area contributed by atoms with E-state index in [-0.39, 0.29) is 0 Å². The Labute approximate surface area is 112 Å². The molecule has 0 aliphatic rings. The number of nitrogens with zero attached hydrogens (tertiary/aromatic N) is 1. The molecule has 1 atom stereocenters. The zero-order chi connectivity index (χ0) is 13.0. The molecular formula is C13H20BrNO2. The molecule has 0 saturated carbocycles. The highest BCUT2D eigenvalue weighted by Gasteiger charge is 2.13. The summed E-state index contributed by atoms with van der Waals surface area (Å²) in [5.74, 6) is 1.73. The lowest BCUT2D eigenvalue weighted by Gasteiger charge is -2.21. The minimum atomic E-state index is 0.454. The van der Waals surface area contributed by atoms with Crippen LogP contribution in [0.1, 0.15) is 12.5 Å². The average molecular weight is 302 g/mol. The lowest BCUT2D eigenvalue weighted by Crippen LogP contribution is -2.26. The molecule has 3 nitrogen and oxygen atoms in total. The Hall–Kier alpha value is -0.740. The van der Waals surface area contributed by atoms with Crippen LogP contribution in [0.25, 0.3) is 0 Å². The molecule has 0 aliphatic carbocycles. The first-order valence-electron chi connectivity index (χ1n) is 5.56. The van der Waals surface area contributed by atoms with Crippen LogP contribution in [0, 0.1) is 0 Å². The highest BCUT2D eigenvalue weighted by molar-refractivity contribution is 9.10. The number of hydrogen-bond acceptors (Lipinski definition) is 3. The first-order chi connectivity index (χ1) is 7.99. The van der Waals surface area contributed by atoms with Crippen LogP contribution in [-0.2, 0) is 6.42 Å². The molecule has 0 unspecified atom stereocenters. The Bertz CT molecular complexity index is 380. The summed E-state index contributed by atoms with van der Waals surface area (Å²) >= 11 is 3.46. The Balaban J connectivity index is 3.04. The maximum atomic E-state index is 5.40. The first-order valence-corrected chi connectivity index (χ1v) is 6.35. The van der Waals surface area contributed by atoms with Crippen molar-refractivity contribution in [2.75, 3.05) is 28.3 Å². The van der Waals surface area contributed by atoms with Crippen molar-refractivity contribution in [1.82, 2.24) is 4.90 Å². The van der Waals surface area contributed by atoms with Crippen LogP contribution in [0.15, 0.2) is 16.6 Å². The van der Waals surface area contributed by atoms with Crippen molar-refractivity contribution in [2.24, 2.45) is 0 Å². The van der Waals surface area contributed by atoms with Gasteiger partial charge in [0.2, 0.25) is 0 Å². The molecule has 0 aromatic heterocycles. The van der Waals surface area contributed by atoms with Gasteiger partial charge >= 0.3 is 0 Å². The highest BCUT2D eigenvalue weighted by Crippen LogP contribution is 2.33. The van der Waals surface area contributed by atoms with E-state index in [4.69, 9.17) is 9.47 Å². The third-order valence-corrected chi connectivity index (χ3v) is 3.57. The lowest BCUT2D eigenvalue weighted by molar-refractivity contribution is 0.308. The number of halogens is 1. The second kappa shape index (κ2) is 6.26. The predicted octanol–water partition coefficient (Wildman–Crippen LogP) is 2.96. The maximum absolute atomic E-state index is 5.40. The van der Waals surface area contributed by atoms with Crippen molar-refractivity contribution in [3.63, 3.8) is 0 Å². The zero-order valence-electron chi connectivity index (χ0n) is 11.1. The molecule has 1 aromatic carbocycles. The highest BCUT2D eigenvalue weighted by atomic mass is 79.9. The summed E-state index contributed by atoms with van der Waals surface area (Å²) in [4.78, 5) is 2.19. The molecule has 0 bridgehead atoms. The van der Waals surface area contributed by atoms with E-state index in [0.29, 0.717) is 6.04 Å². The van der Waals surface area contributed by atoms with Crippen molar-refractivity contribution in [2.45, 2.75) is 19.4 Å².